The quantitative estimate of drug-likeness (QED) is 0.874. The Balaban J connectivity index is 2.24. The molecular weight excluding hydrogens is 260 g/mol. The topological polar surface area (TPSA) is 71.6 Å². The maximum atomic E-state index is 12.5. The summed E-state index contributed by atoms with van der Waals surface area (Å²) >= 11 is 0. The first-order chi connectivity index (χ1) is 9.56. The molecule has 0 aromatic carbocycles. The van der Waals surface area contributed by atoms with E-state index < -0.39 is 0 Å². The molecule has 1 aliphatic heterocycles. The highest BCUT2D eigenvalue weighted by atomic mass is 16.5. The van der Waals surface area contributed by atoms with Crippen LogP contribution in [0.2, 0.25) is 0 Å². The molecule has 110 valence electrons. The molecule has 1 aromatic rings. The van der Waals surface area contributed by atoms with Gasteiger partial charge >= 0.3 is 0 Å². The minimum atomic E-state index is -0.355. The Morgan fingerprint density at radius 1 is 1.45 bits per heavy atom. The van der Waals surface area contributed by atoms with Crippen molar-refractivity contribution in [2.45, 2.75) is 25.5 Å². The summed E-state index contributed by atoms with van der Waals surface area (Å²) in [5, 5.41) is 0. The van der Waals surface area contributed by atoms with Crippen LogP contribution in [0.15, 0.2) is 16.9 Å². The van der Waals surface area contributed by atoms with Gasteiger partial charge in [0.05, 0.1) is 18.8 Å². The van der Waals surface area contributed by atoms with Gasteiger partial charge in [0.2, 0.25) is 0 Å². The van der Waals surface area contributed by atoms with E-state index in [0.29, 0.717) is 13.2 Å². The Hall–Kier alpha value is -1.66. The molecule has 0 bridgehead atoms. The third-order valence-corrected chi connectivity index (χ3v) is 3.62. The van der Waals surface area contributed by atoms with Gasteiger partial charge in [-0.2, -0.15) is 0 Å². The summed E-state index contributed by atoms with van der Waals surface area (Å²) in [6.07, 6.45) is 0.712. The van der Waals surface area contributed by atoms with E-state index in [0.717, 1.165) is 12.1 Å². The van der Waals surface area contributed by atoms with Crippen LogP contribution in [0.5, 0.6) is 0 Å². The number of carbonyl (C=O) groups excluding carboxylic acids is 1. The molecule has 0 saturated carbocycles. The van der Waals surface area contributed by atoms with Gasteiger partial charge in [-0.3, -0.25) is 9.59 Å². The lowest BCUT2D eigenvalue weighted by Crippen LogP contribution is -2.40. The Morgan fingerprint density at radius 3 is 2.80 bits per heavy atom. The fourth-order valence-corrected chi connectivity index (χ4v) is 2.54. The highest BCUT2D eigenvalue weighted by Gasteiger charge is 2.36. The molecule has 1 amide bonds. The fraction of sp³-hybridized carbons (Fsp3) is 0.571. The second-order valence-corrected chi connectivity index (χ2v) is 5.04. The summed E-state index contributed by atoms with van der Waals surface area (Å²) < 4.78 is 10.5. The van der Waals surface area contributed by atoms with E-state index in [1.807, 2.05) is 0 Å². The summed E-state index contributed by atoms with van der Waals surface area (Å²) in [6, 6.07) is 3.24. The molecule has 2 atom stereocenters. The second kappa shape index (κ2) is 6.19. The van der Waals surface area contributed by atoms with Gasteiger partial charge in [0, 0.05) is 26.5 Å². The van der Waals surface area contributed by atoms with Gasteiger partial charge in [-0.25, -0.2) is 0 Å². The number of pyridine rings is 1. The SMILES string of the molecule is COC[C@@H]1C[C@H](OC)CN1C(=O)c1ccc(C)[nH]c1=O. The molecule has 1 aromatic heterocycles. The van der Waals surface area contributed by atoms with Crippen LogP contribution in [0.3, 0.4) is 0 Å². The number of methoxy groups -OCH3 is 2. The molecule has 6 nitrogen and oxygen atoms in total. The van der Waals surface area contributed by atoms with Crippen molar-refractivity contribution in [1.82, 2.24) is 9.88 Å². The first-order valence-electron chi connectivity index (χ1n) is 6.59. The monoisotopic (exact) mass is 280 g/mol. The number of amides is 1. The van der Waals surface area contributed by atoms with Gasteiger partial charge in [-0.1, -0.05) is 0 Å². The predicted octanol–water partition coefficient (Wildman–Crippen LogP) is 0.559. The summed E-state index contributed by atoms with van der Waals surface area (Å²) in [5.74, 6) is -0.271. The average molecular weight is 280 g/mol. The van der Waals surface area contributed by atoms with Crippen molar-refractivity contribution in [2.24, 2.45) is 0 Å². The number of hydrogen-bond acceptors (Lipinski definition) is 4. The normalized spacial score (nSPS) is 22.2. The molecule has 2 heterocycles. The Bertz CT molecular complexity index is 540. The summed E-state index contributed by atoms with van der Waals surface area (Å²) in [7, 11) is 3.22. The van der Waals surface area contributed by atoms with Crippen molar-refractivity contribution < 1.29 is 14.3 Å². The number of ether oxygens (including phenoxy) is 2. The highest BCUT2D eigenvalue weighted by molar-refractivity contribution is 5.94. The van der Waals surface area contributed by atoms with Crippen LogP contribution in [-0.2, 0) is 9.47 Å². The van der Waals surface area contributed by atoms with Crippen molar-refractivity contribution >= 4 is 5.91 Å². The smallest absolute Gasteiger partial charge is 0.260 e. The lowest BCUT2D eigenvalue weighted by Gasteiger charge is -2.23. The van der Waals surface area contributed by atoms with Gasteiger partial charge in [0.1, 0.15) is 5.56 Å². The van der Waals surface area contributed by atoms with Crippen LogP contribution in [-0.4, -0.2) is 55.3 Å². The summed E-state index contributed by atoms with van der Waals surface area (Å²) in [5.41, 5.74) is 0.539. The maximum absolute atomic E-state index is 12.5. The van der Waals surface area contributed by atoms with Crippen molar-refractivity contribution in [2.75, 3.05) is 27.4 Å². The second-order valence-electron chi connectivity index (χ2n) is 5.04. The Morgan fingerprint density at radius 2 is 2.20 bits per heavy atom. The maximum Gasteiger partial charge on any atom is 0.260 e. The van der Waals surface area contributed by atoms with Crippen LogP contribution in [0.25, 0.3) is 0 Å². The predicted molar refractivity (Wildman–Crippen MR) is 73.9 cm³/mol. The number of nitrogens with one attached hydrogen (secondary N) is 1. The minimum absolute atomic E-state index is 0.0105. The Kier molecular flexibility index (Phi) is 4.57. The standard InChI is InChI=1S/C14H20N2O4/c1-9-4-5-12(13(17)15-9)14(18)16-7-11(20-3)6-10(16)8-19-2/h4-5,10-11H,6-8H2,1-3H3,(H,15,17)/t10-,11-/m0/s1. The summed E-state index contributed by atoms with van der Waals surface area (Å²) in [6.45, 7) is 2.70. The van der Waals surface area contributed by atoms with Gasteiger partial charge in [-0.05, 0) is 25.5 Å². The number of H-pyrrole nitrogens is 1. The van der Waals surface area contributed by atoms with Crippen molar-refractivity contribution in [3.8, 4) is 0 Å². The molecule has 1 saturated heterocycles. The minimum Gasteiger partial charge on any atom is -0.383 e. The van der Waals surface area contributed by atoms with Crippen molar-refractivity contribution in [1.29, 1.82) is 0 Å². The first-order valence-corrected chi connectivity index (χ1v) is 6.59. The van der Waals surface area contributed by atoms with E-state index in [2.05, 4.69) is 4.98 Å². The van der Waals surface area contributed by atoms with E-state index in [1.54, 1.807) is 38.2 Å². The molecular formula is C14H20N2O4. The first kappa shape index (κ1) is 14.7. The largest absolute Gasteiger partial charge is 0.383 e. The van der Waals surface area contributed by atoms with Crippen LogP contribution in [0.1, 0.15) is 22.5 Å². The van der Waals surface area contributed by atoms with Gasteiger partial charge in [0.25, 0.3) is 11.5 Å². The van der Waals surface area contributed by atoms with E-state index in [9.17, 15) is 9.59 Å². The Labute approximate surface area is 117 Å². The third-order valence-electron chi connectivity index (χ3n) is 3.62. The third kappa shape index (κ3) is 2.91. The van der Waals surface area contributed by atoms with Crippen LogP contribution >= 0.6 is 0 Å². The van der Waals surface area contributed by atoms with Crippen LogP contribution < -0.4 is 5.56 Å². The molecule has 6 heteroatoms. The van der Waals surface area contributed by atoms with Crippen molar-refractivity contribution in [3.63, 3.8) is 0 Å². The van der Waals surface area contributed by atoms with E-state index in [-0.39, 0.29) is 29.2 Å². The molecule has 1 aliphatic rings. The van der Waals surface area contributed by atoms with Crippen LogP contribution in [0, 0.1) is 6.92 Å². The van der Waals surface area contributed by atoms with Gasteiger partial charge in [0.15, 0.2) is 0 Å². The number of likely N-dealkylation sites (tertiary alicyclic amines) is 1. The number of aromatic amines is 1. The molecule has 2 rings (SSSR count). The molecule has 0 aliphatic carbocycles. The fourth-order valence-electron chi connectivity index (χ4n) is 2.54. The zero-order chi connectivity index (χ0) is 14.7. The average Bonchev–Trinajstić information content (AvgIpc) is 2.82. The number of hydrogen-bond donors (Lipinski definition) is 1. The van der Waals surface area contributed by atoms with Gasteiger partial charge in [-0.15, -0.1) is 0 Å². The molecule has 0 unspecified atom stereocenters. The summed E-state index contributed by atoms with van der Waals surface area (Å²) in [4.78, 5) is 28.7. The zero-order valence-corrected chi connectivity index (χ0v) is 12.0. The number of carbonyl (C=O) groups is 1. The highest BCUT2D eigenvalue weighted by Crippen LogP contribution is 2.21. The lowest BCUT2D eigenvalue weighted by molar-refractivity contribution is 0.0610. The van der Waals surface area contributed by atoms with Gasteiger partial charge < -0.3 is 19.4 Å². The molecule has 20 heavy (non-hydrogen) atoms. The van der Waals surface area contributed by atoms with E-state index in [1.165, 1.54) is 0 Å². The van der Waals surface area contributed by atoms with E-state index in [4.69, 9.17) is 9.47 Å². The molecule has 1 N–H and O–H groups in total. The number of aromatic nitrogens is 1. The van der Waals surface area contributed by atoms with E-state index >= 15 is 0 Å². The number of aryl methyl sites for hydroxylation is 1. The molecule has 0 radical (unpaired) electrons. The number of nitrogens with zero attached hydrogens (tertiary/aromatic N) is 1. The zero-order valence-electron chi connectivity index (χ0n) is 12.0. The molecule has 0 spiro atoms. The lowest BCUT2D eigenvalue weighted by atomic mass is 10.2. The van der Waals surface area contributed by atoms with Crippen LogP contribution in [0.4, 0.5) is 0 Å². The number of rotatable bonds is 4. The van der Waals surface area contributed by atoms with Crippen molar-refractivity contribution in [3.05, 3.63) is 33.7 Å². The molecule has 1 fully saturated rings.